The van der Waals surface area contributed by atoms with E-state index in [0.717, 1.165) is 5.56 Å². The standard InChI is InChI=1S/C15H14ClNO4/c16-14-9-13(17(19)20)6-5-12(14)10-21-15-4-2-1-3-11(15)7-8-18/h1-6,9,18H,7-8,10H2. The molecule has 0 aliphatic carbocycles. The summed E-state index contributed by atoms with van der Waals surface area (Å²) in [7, 11) is 0. The zero-order valence-corrected chi connectivity index (χ0v) is 11.9. The van der Waals surface area contributed by atoms with E-state index in [-0.39, 0.29) is 18.9 Å². The number of nitrogens with zero attached hydrogens (tertiary/aromatic N) is 1. The summed E-state index contributed by atoms with van der Waals surface area (Å²) in [6, 6.07) is 11.7. The van der Waals surface area contributed by atoms with Crippen molar-refractivity contribution in [1.82, 2.24) is 0 Å². The van der Waals surface area contributed by atoms with E-state index in [1.54, 1.807) is 6.07 Å². The minimum Gasteiger partial charge on any atom is -0.489 e. The minimum atomic E-state index is -0.493. The lowest BCUT2D eigenvalue weighted by Gasteiger charge is -2.11. The molecule has 0 radical (unpaired) electrons. The fourth-order valence-electron chi connectivity index (χ4n) is 1.89. The van der Waals surface area contributed by atoms with Crippen molar-refractivity contribution in [2.75, 3.05) is 6.61 Å². The van der Waals surface area contributed by atoms with Crippen molar-refractivity contribution in [3.8, 4) is 5.75 Å². The molecule has 2 rings (SSSR count). The molecule has 0 aliphatic heterocycles. The van der Waals surface area contributed by atoms with Crippen LogP contribution in [0.3, 0.4) is 0 Å². The van der Waals surface area contributed by atoms with Gasteiger partial charge in [-0.1, -0.05) is 29.8 Å². The van der Waals surface area contributed by atoms with E-state index in [1.165, 1.54) is 12.1 Å². The van der Waals surface area contributed by atoms with Crippen LogP contribution in [0.1, 0.15) is 11.1 Å². The van der Waals surface area contributed by atoms with Crippen molar-refractivity contribution < 1.29 is 14.8 Å². The molecule has 0 heterocycles. The third-order valence-corrected chi connectivity index (χ3v) is 3.34. The maximum atomic E-state index is 10.7. The summed E-state index contributed by atoms with van der Waals surface area (Å²) < 4.78 is 5.69. The van der Waals surface area contributed by atoms with Crippen LogP contribution in [0.5, 0.6) is 5.75 Å². The zero-order valence-electron chi connectivity index (χ0n) is 11.2. The maximum absolute atomic E-state index is 10.7. The number of para-hydroxylation sites is 1. The van der Waals surface area contributed by atoms with Crippen molar-refractivity contribution in [2.45, 2.75) is 13.0 Å². The fourth-order valence-corrected chi connectivity index (χ4v) is 2.12. The van der Waals surface area contributed by atoms with Crippen molar-refractivity contribution in [1.29, 1.82) is 0 Å². The van der Waals surface area contributed by atoms with Gasteiger partial charge in [0.25, 0.3) is 5.69 Å². The predicted octanol–water partition coefficient (Wildman–Crippen LogP) is 3.36. The Kier molecular flexibility index (Phi) is 5.14. The summed E-state index contributed by atoms with van der Waals surface area (Å²) in [6.45, 7) is 0.248. The molecule has 0 aliphatic rings. The lowest BCUT2D eigenvalue weighted by Crippen LogP contribution is -2.01. The minimum absolute atomic E-state index is 0.0403. The van der Waals surface area contributed by atoms with Gasteiger partial charge in [0.05, 0.1) is 9.95 Å². The van der Waals surface area contributed by atoms with Gasteiger partial charge in [-0.25, -0.2) is 0 Å². The predicted molar refractivity (Wildman–Crippen MR) is 79.7 cm³/mol. The molecule has 0 saturated heterocycles. The number of aliphatic hydroxyl groups excluding tert-OH is 1. The van der Waals surface area contributed by atoms with Gasteiger partial charge in [0.1, 0.15) is 12.4 Å². The first-order valence-corrected chi connectivity index (χ1v) is 6.74. The number of benzene rings is 2. The van der Waals surface area contributed by atoms with Crippen LogP contribution in [0.15, 0.2) is 42.5 Å². The van der Waals surface area contributed by atoms with Gasteiger partial charge in [-0.2, -0.15) is 0 Å². The third kappa shape index (κ3) is 3.93. The average molecular weight is 308 g/mol. The van der Waals surface area contributed by atoms with Crippen LogP contribution in [-0.2, 0) is 13.0 Å². The van der Waals surface area contributed by atoms with Crippen LogP contribution in [0, 0.1) is 10.1 Å². The first kappa shape index (κ1) is 15.3. The molecule has 0 aromatic heterocycles. The summed E-state index contributed by atoms with van der Waals surface area (Å²) in [4.78, 5) is 10.2. The van der Waals surface area contributed by atoms with E-state index in [9.17, 15) is 10.1 Å². The highest BCUT2D eigenvalue weighted by Gasteiger charge is 2.10. The summed E-state index contributed by atoms with van der Waals surface area (Å²) >= 11 is 6.02. The quantitative estimate of drug-likeness (QED) is 0.656. The third-order valence-electron chi connectivity index (χ3n) is 2.98. The van der Waals surface area contributed by atoms with Gasteiger partial charge < -0.3 is 9.84 Å². The summed E-state index contributed by atoms with van der Waals surface area (Å²) in [5, 5.41) is 20.0. The Morgan fingerprint density at radius 1 is 1.19 bits per heavy atom. The number of nitro benzene ring substituents is 1. The van der Waals surface area contributed by atoms with E-state index in [2.05, 4.69) is 0 Å². The lowest BCUT2D eigenvalue weighted by molar-refractivity contribution is -0.384. The van der Waals surface area contributed by atoms with Gasteiger partial charge in [0.15, 0.2) is 0 Å². The maximum Gasteiger partial charge on any atom is 0.270 e. The molecule has 0 saturated carbocycles. The molecule has 0 amide bonds. The number of non-ortho nitro benzene ring substituents is 1. The van der Waals surface area contributed by atoms with Gasteiger partial charge in [-0.05, 0) is 24.1 Å². The largest absolute Gasteiger partial charge is 0.489 e. The SMILES string of the molecule is O=[N+]([O-])c1ccc(COc2ccccc2CCO)c(Cl)c1. The number of rotatable bonds is 6. The second kappa shape index (κ2) is 7.06. The molecule has 0 unspecified atom stereocenters. The molecular formula is C15H14ClNO4. The van der Waals surface area contributed by atoms with Crippen LogP contribution < -0.4 is 4.74 Å². The molecular weight excluding hydrogens is 294 g/mol. The molecule has 1 N–H and O–H groups in total. The molecule has 2 aromatic carbocycles. The highest BCUT2D eigenvalue weighted by atomic mass is 35.5. The van der Waals surface area contributed by atoms with Crippen LogP contribution in [0.25, 0.3) is 0 Å². The molecule has 0 fully saturated rings. The first-order chi connectivity index (χ1) is 10.1. The Bertz CT molecular complexity index is 645. The molecule has 0 spiro atoms. The van der Waals surface area contributed by atoms with Crippen molar-refractivity contribution in [2.24, 2.45) is 0 Å². The van der Waals surface area contributed by atoms with Gasteiger partial charge in [0.2, 0.25) is 0 Å². The zero-order chi connectivity index (χ0) is 15.2. The Morgan fingerprint density at radius 3 is 2.62 bits per heavy atom. The number of nitro groups is 1. The Hall–Kier alpha value is -2.11. The van der Waals surface area contributed by atoms with Crippen LogP contribution in [-0.4, -0.2) is 16.6 Å². The van der Waals surface area contributed by atoms with Crippen molar-refractivity contribution >= 4 is 17.3 Å². The molecule has 5 nitrogen and oxygen atoms in total. The van der Waals surface area contributed by atoms with Crippen LogP contribution in [0.2, 0.25) is 5.02 Å². The van der Waals surface area contributed by atoms with Crippen LogP contribution >= 0.6 is 11.6 Å². The molecule has 2 aromatic rings. The van der Waals surface area contributed by atoms with Gasteiger partial charge in [-0.15, -0.1) is 0 Å². The number of hydrogen-bond donors (Lipinski definition) is 1. The molecule has 110 valence electrons. The Balaban J connectivity index is 2.11. The second-order valence-corrected chi connectivity index (χ2v) is 4.81. The monoisotopic (exact) mass is 307 g/mol. The highest BCUT2D eigenvalue weighted by molar-refractivity contribution is 6.31. The van der Waals surface area contributed by atoms with E-state index in [0.29, 0.717) is 22.8 Å². The van der Waals surface area contributed by atoms with E-state index < -0.39 is 4.92 Å². The van der Waals surface area contributed by atoms with Crippen molar-refractivity contribution in [3.63, 3.8) is 0 Å². The van der Waals surface area contributed by atoms with Gasteiger partial charge in [0, 0.05) is 24.3 Å². The van der Waals surface area contributed by atoms with E-state index in [4.69, 9.17) is 21.4 Å². The number of ether oxygens (including phenoxy) is 1. The van der Waals surface area contributed by atoms with E-state index in [1.807, 2.05) is 24.3 Å². The van der Waals surface area contributed by atoms with Gasteiger partial charge in [-0.3, -0.25) is 10.1 Å². The molecule has 21 heavy (non-hydrogen) atoms. The molecule has 0 atom stereocenters. The van der Waals surface area contributed by atoms with Gasteiger partial charge >= 0.3 is 0 Å². The van der Waals surface area contributed by atoms with Crippen molar-refractivity contribution in [3.05, 3.63) is 68.7 Å². The smallest absolute Gasteiger partial charge is 0.270 e. The average Bonchev–Trinajstić information content (AvgIpc) is 2.47. The summed E-state index contributed by atoms with van der Waals surface area (Å²) in [5.41, 5.74) is 1.52. The second-order valence-electron chi connectivity index (χ2n) is 4.40. The fraction of sp³-hybridized carbons (Fsp3) is 0.200. The van der Waals surface area contributed by atoms with Crippen LogP contribution in [0.4, 0.5) is 5.69 Å². The topological polar surface area (TPSA) is 72.6 Å². The number of hydrogen-bond acceptors (Lipinski definition) is 4. The summed E-state index contributed by atoms with van der Waals surface area (Å²) in [5.74, 6) is 0.668. The molecule has 6 heteroatoms. The Morgan fingerprint density at radius 2 is 1.95 bits per heavy atom. The first-order valence-electron chi connectivity index (χ1n) is 6.36. The normalized spacial score (nSPS) is 10.4. The summed E-state index contributed by atoms with van der Waals surface area (Å²) in [6.07, 6.45) is 0.504. The Labute approximate surface area is 126 Å². The van der Waals surface area contributed by atoms with E-state index >= 15 is 0 Å². The number of aliphatic hydroxyl groups is 1. The number of halogens is 1. The lowest BCUT2D eigenvalue weighted by atomic mass is 10.1. The molecule has 0 bridgehead atoms. The highest BCUT2D eigenvalue weighted by Crippen LogP contribution is 2.25.